The van der Waals surface area contributed by atoms with Crippen molar-refractivity contribution in [1.82, 2.24) is 5.32 Å². The molecule has 0 aromatic rings. The third-order valence-electron chi connectivity index (χ3n) is 5.42. The number of hydrogen-bond acceptors (Lipinski definition) is 2. The summed E-state index contributed by atoms with van der Waals surface area (Å²) in [4.78, 5) is 0. The van der Waals surface area contributed by atoms with E-state index in [9.17, 15) is 0 Å². The Morgan fingerprint density at radius 3 is 2.53 bits per heavy atom. The molecule has 2 aliphatic rings. The van der Waals surface area contributed by atoms with Gasteiger partial charge < -0.3 is 10.1 Å². The molecular weight excluding hydrogens is 210 g/mol. The Bertz CT molecular complexity index is 245. The van der Waals surface area contributed by atoms with Crippen LogP contribution in [-0.2, 0) is 4.74 Å². The van der Waals surface area contributed by atoms with E-state index >= 15 is 0 Å². The van der Waals surface area contributed by atoms with Gasteiger partial charge in [-0.1, -0.05) is 27.2 Å². The Morgan fingerprint density at radius 2 is 1.94 bits per heavy atom. The van der Waals surface area contributed by atoms with Crippen molar-refractivity contribution in [2.45, 2.75) is 52.5 Å². The predicted octanol–water partition coefficient (Wildman–Crippen LogP) is 3.07. The highest BCUT2D eigenvalue weighted by atomic mass is 16.5. The second-order valence-corrected chi connectivity index (χ2v) is 6.80. The molecule has 1 aliphatic carbocycles. The molecule has 0 amide bonds. The molecule has 0 aromatic heterocycles. The van der Waals surface area contributed by atoms with Crippen LogP contribution in [0.5, 0.6) is 0 Å². The maximum atomic E-state index is 5.60. The lowest BCUT2D eigenvalue weighted by atomic mass is 9.61. The summed E-state index contributed by atoms with van der Waals surface area (Å²) in [5, 5.41) is 3.57. The van der Waals surface area contributed by atoms with Gasteiger partial charge in [0.25, 0.3) is 0 Å². The summed E-state index contributed by atoms with van der Waals surface area (Å²) in [6.45, 7) is 9.29. The Balaban J connectivity index is 2.07. The van der Waals surface area contributed by atoms with Gasteiger partial charge in [-0.25, -0.2) is 0 Å². The molecule has 2 rings (SSSR count). The van der Waals surface area contributed by atoms with Crippen LogP contribution in [-0.4, -0.2) is 26.3 Å². The molecule has 2 fully saturated rings. The lowest BCUT2D eigenvalue weighted by molar-refractivity contribution is 0.0378. The smallest absolute Gasteiger partial charge is 0.0500 e. The molecule has 4 unspecified atom stereocenters. The van der Waals surface area contributed by atoms with E-state index in [2.05, 4.69) is 33.1 Å². The van der Waals surface area contributed by atoms with Crippen molar-refractivity contribution in [1.29, 1.82) is 0 Å². The lowest BCUT2D eigenvalue weighted by Gasteiger charge is -2.47. The molecule has 0 spiro atoms. The van der Waals surface area contributed by atoms with Gasteiger partial charge in [-0.3, -0.25) is 0 Å². The molecule has 1 N–H and O–H groups in total. The van der Waals surface area contributed by atoms with Crippen LogP contribution in [0.3, 0.4) is 0 Å². The highest BCUT2D eigenvalue weighted by Crippen LogP contribution is 2.46. The second kappa shape index (κ2) is 5.27. The zero-order chi connectivity index (χ0) is 12.5. The van der Waals surface area contributed by atoms with Gasteiger partial charge in [0.2, 0.25) is 0 Å². The van der Waals surface area contributed by atoms with Crippen LogP contribution in [0.15, 0.2) is 0 Å². The van der Waals surface area contributed by atoms with Gasteiger partial charge in [-0.2, -0.15) is 0 Å². The van der Waals surface area contributed by atoms with E-state index < -0.39 is 0 Å². The standard InChI is InChI=1S/C15H29NO/c1-11-5-6-13(14(9-11)16-4)15(2,3)12-7-8-17-10-12/h11-14,16H,5-10H2,1-4H3. The average Bonchev–Trinajstić information content (AvgIpc) is 2.82. The highest BCUT2D eigenvalue weighted by molar-refractivity contribution is 4.95. The summed E-state index contributed by atoms with van der Waals surface area (Å²) in [5.74, 6) is 2.46. The van der Waals surface area contributed by atoms with Gasteiger partial charge in [0.1, 0.15) is 0 Å². The van der Waals surface area contributed by atoms with E-state index in [0.717, 1.165) is 31.0 Å². The van der Waals surface area contributed by atoms with Crippen molar-refractivity contribution in [3.63, 3.8) is 0 Å². The third kappa shape index (κ3) is 2.68. The molecule has 2 nitrogen and oxygen atoms in total. The van der Waals surface area contributed by atoms with Gasteiger partial charge in [0.05, 0.1) is 0 Å². The topological polar surface area (TPSA) is 21.3 Å². The minimum atomic E-state index is 0.421. The van der Waals surface area contributed by atoms with Gasteiger partial charge in [0, 0.05) is 19.3 Å². The molecule has 0 aromatic carbocycles. The van der Waals surface area contributed by atoms with E-state index in [1.165, 1.54) is 25.7 Å². The minimum absolute atomic E-state index is 0.421. The summed E-state index contributed by atoms with van der Waals surface area (Å²) in [6.07, 6.45) is 5.39. The fraction of sp³-hybridized carbons (Fsp3) is 1.00. The maximum Gasteiger partial charge on any atom is 0.0500 e. The fourth-order valence-corrected chi connectivity index (χ4v) is 4.01. The van der Waals surface area contributed by atoms with E-state index in [-0.39, 0.29) is 0 Å². The maximum absolute atomic E-state index is 5.60. The Labute approximate surface area is 107 Å². The SMILES string of the molecule is CNC1CC(C)CCC1C(C)(C)C1CCOC1. The monoisotopic (exact) mass is 239 g/mol. The minimum Gasteiger partial charge on any atom is -0.381 e. The normalized spacial score (nSPS) is 39.5. The summed E-state index contributed by atoms with van der Waals surface area (Å²) >= 11 is 0. The molecule has 2 heteroatoms. The van der Waals surface area contributed by atoms with Gasteiger partial charge >= 0.3 is 0 Å². The molecule has 1 saturated carbocycles. The summed E-state index contributed by atoms with van der Waals surface area (Å²) in [5.41, 5.74) is 0.421. The van der Waals surface area contributed by atoms with Crippen molar-refractivity contribution in [3.05, 3.63) is 0 Å². The first-order chi connectivity index (χ1) is 8.05. The molecular formula is C15H29NO. The molecule has 0 bridgehead atoms. The molecule has 17 heavy (non-hydrogen) atoms. The van der Waals surface area contributed by atoms with Crippen molar-refractivity contribution in [3.8, 4) is 0 Å². The summed E-state index contributed by atoms with van der Waals surface area (Å²) in [7, 11) is 2.14. The van der Waals surface area contributed by atoms with E-state index in [1.807, 2.05) is 0 Å². The fourth-order valence-electron chi connectivity index (χ4n) is 4.01. The van der Waals surface area contributed by atoms with E-state index in [1.54, 1.807) is 0 Å². The number of hydrogen-bond donors (Lipinski definition) is 1. The van der Waals surface area contributed by atoms with Crippen LogP contribution in [0.4, 0.5) is 0 Å². The molecule has 1 heterocycles. The van der Waals surface area contributed by atoms with Crippen LogP contribution in [0.2, 0.25) is 0 Å². The van der Waals surface area contributed by atoms with Crippen molar-refractivity contribution in [2.24, 2.45) is 23.2 Å². The zero-order valence-corrected chi connectivity index (χ0v) is 12.0. The largest absolute Gasteiger partial charge is 0.381 e. The zero-order valence-electron chi connectivity index (χ0n) is 12.0. The quantitative estimate of drug-likeness (QED) is 0.817. The van der Waals surface area contributed by atoms with Crippen molar-refractivity contribution in [2.75, 3.05) is 20.3 Å². The lowest BCUT2D eigenvalue weighted by Crippen LogP contribution is -2.48. The van der Waals surface area contributed by atoms with Gasteiger partial charge in [-0.05, 0) is 49.5 Å². The summed E-state index contributed by atoms with van der Waals surface area (Å²) < 4.78 is 5.60. The second-order valence-electron chi connectivity index (χ2n) is 6.80. The van der Waals surface area contributed by atoms with Crippen molar-refractivity contribution >= 4 is 0 Å². The Morgan fingerprint density at radius 1 is 1.18 bits per heavy atom. The van der Waals surface area contributed by atoms with Crippen LogP contribution in [0, 0.1) is 23.2 Å². The predicted molar refractivity (Wildman–Crippen MR) is 72.1 cm³/mol. The van der Waals surface area contributed by atoms with Gasteiger partial charge in [0.15, 0.2) is 0 Å². The first-order valence-electron chi connectivity index (χ1n) is 7.30. The number of nitrogens with one attached hydrogen (secondary N) is 1. The first-order valence-corrected chi connectivity index (χ1v) is 7.30. The van der Waals surface area contributed by atoms with E-state index in [4.69, 9.17) is 4.74 Å². The Kier molecular flexibility index (Phi) is 4.14. The van der Waals surface area contributed by atoms with E-state index in [0.29, 0.717) is 11.5 Å². The molecule has 1 aliphatic heterocycles. The number of rotatable bonds is 3. The Hall–Kier alpha value is -0.0800. The molecule has 0 radical (unpaired) electrons. The van der Waals surface area contributed by atoms with Crippen molar-refractivity contribution < 1.29 is 4.74 Å². The molecule has 1 saturated heterocycles. The third-order valence-corrected chi connectivity index (χ3v) is 5.42. The van der Waals surface area contributed by atoms with Crippen LogP contribution >= 0.6 is 0 Å². The first kappa shape index (κ1) is 13.4. The average molecular weight is 239 g/mol. The number of ether oxygens (including phenoxy) is 1. The molecule has 4 atom stereocenters. The molecule has 100 valence electrons. The summed E-state index contributed by atoms with van der Waals surface area (Å²) in [6, 6.07) is 0.703. The van der Waals surface area contributed by atoms with Crippen LogP contribution in [0.1, 0.15) is 46.5 Å². The van der Waals surface area contributed by atoms with Gasteiger partial charge in [-0.15, -0.1) is 0 Å². The van der Waals surface area contributed by atoms with Crippen LogP contribution in [0.25, 0.3) is 0 Å². The van der Waals surface area contributed by atoms with Crippen LogP contribution < -0.4 is 5.32 Å². The highest BCUT2D eigenvalue weighted by Gasteiger charge is 2.43.